The van der Waals surface area contributed by atoms with Gasteiger partial charge in [0, 0.05) is 6.04 Å². The standard InChI is InChI=1S/C12H23NO2/c1-2-12(7-14,8-15)13-11-6-9-3-4-10(11)5-9/h9-11,13-15H,2-8H2,1H3. The fourth-order valence-corrected chi connectivity index (χ4v) is 3.28. The van der Waals surface area contributed by atoms with Crippen molar-refractivity contribution in [2.45, 2.75) is 50.6 Å². The Hall–Kier alpha value is -0.120. The maximum atomic E-state index is 9.38. The lowest BCUT2D eigenvalue weighted by atomic mass is 9.90. The van der Waals surface area contributed by atoms with E-state index in [9.17, 15) is 10.2 Å². The fourth-order valence-electron chi connectivity index (χ4n) is 3.28. The van der Waals surface area contributed by atoms with Crippen LogP contribution in [0.25, 0.3) is 0 Å². The minimum atomic E-state index is -0.449. The third kappa shape index (κ3) is 2.05. The van der Waals surface area contributed by atoms with Crippen LogP contribution in [0.3, 0.4) is 0 Å². The highest BCUT2D eigenvalue weighted by Gasteiger charge is 2.42. The molecule has 0 heterocycles. The largest absolute Gasteiger partial charge is 0.394 e. The second-order valence-corrected chi connectivity index (χ2v) is 5.38. The molecular formula is C12H23NO2. The molecule has 3 unspecified atom stereocenters. The first kappa shape index (κ1) is 11.4. The van der Waals surface area contributed by atoms with Crippen LogP contribution in [0.15, 0.2) is 0 Å². The SMILES string of the molecule is CCC(CO)(CO)NC1CC2CCC1C2. The summed E-state index contributed by atoms with van der Waals surface area (Å²) in [5.41, 5.74) is -0.449. The van der Waals surface area contributed by atoms with Crippen molar-refractivity contribution in [2.24, 2.45) is 11.8 Å². The van der Waals surface area contributed by atoms with Crippen LogP contribution in [0.5, 0.6) is 0 Å². The Bertz CT molecular complexity index is 207. The van der Waals surface area contributed by atoms with Crippen molar-refractivity contribution < 1.29 is 10.2 Å². The van der Waals surface area contributed by atoms with E-state index in [1.165, 1.54) is 25.7 Å². The van der Waals surface area contributed by atoms with Crippen molar-refractivity contribution in [3.63, 3.8) is 0 Å². The monoisotopic (exact) mass is 213 g/mol. The molecule has 2 rings (SSSR count). The summed E-state index contributed by atoms with van der Waals surface area (Å²) in [6, 6.07) is 0.531. The molecule has 0 saturated heterocycles. The van der Waals surface area contributed by atoms with Crippen LogP contribution in [0.1, 0.15) is 39.0 Å². The highest BCUT2D eigenvalue weighted by molar-refractivity contribution is 4.99. The Balaban J connectivity index is 1.95. The summed E-state index contributed by atoms with van der Waals surface area (Å²) in [5.74, 6) is 1.69. The second-order valence-electron chi connectivity index (χ2n) is 5.38. The minimum Gasteiger partial charge on any atom is -0.394 e. The Kier molecular flexibility index (Phi) is 3.33. The van der Waals surface area contributed by atoms with E-state index in [2.05, 4.69) is 5.32 Å². The predicted molar refractivity (Wildman–Crippen MR) is 59.6 cm³/mol. The maximum absolute atomic E-state index is 9.38. The zero-order chi connectivity index (χ0) is 10.9. The summed E-state index contributed by atoms with van der Waals surface area (Å²) < 4.78 is 0. The fraction of sp³-hybridized carbons (Fsp3) is 1.00. The molecule has 2 aliphatic rings. The smallest absolute Gasteiger partial charge is 0.0647 e. The van der Waals surface area contributed by atoms with Crippen molar-refractivity contribution >= 4 is 0 Å². The summed E-state index contributed by atoms with van der Waals surface area (Å²) in [4.78, 5) is 0. The van der Waals surface area contributed by atoms with Gasteiger partial charge in [0.05, 0.1) is 18.8 Å². The highest BCUT2D eigenvalue weighted by atomic mass is 16.3. The van der Waals surface area contributed by atoms with E-state index in [4.69, 9.17) is 0 Å². The number of rotatable bonds is 5. The summed E-state index contributed by atoms with van der Waals surface area (Å²) in [7, 11) is 0. The van der Waals surface area contributed by atoms with Crippen molar-refractivity contribution in [1.82, 2.24) is 5.32 Å². The number of fused-ring (bicyclic) bond motifs is 2. The molecule has 0 aliphatic heterocycles. The molecule has 0 aromatic rings. The molecule has 2 bridgehead atoms. The van der Waals surface area contributed by atoms with Gasteiger partial charge in [-0.05, 0) is 37.5 Å². The molecule has 2 saturated carbocycles. The summed E-state index contributed by atoms with van der Waals surface area (Å²) in [6.07, 6.45) is 6.10. The zero-order valence-corrected chi connectivity index (χ0v) is 9.58. The molecule has 3 atom stereocenters. The van der Waals surface area contributed by atoms with E-state index in [1.807, 2.05) is 6.92 Å². The van der Waals surface area contributed by atoms with Crippen LogP contribution >= 0.6 is 0 Å². The average Bonchev–Trinajstić information content (AvgIpc) is 2.88. The minimum absolute atomic E-state index is 0.0356. The Morgan fingerprint density at radius 2 is 1.93 bits per heavy atom. The lowest BCUT2D eigenvalue weighted by Gasteiger charge is -2.36. The third-order valence-corrected chi connectivity index (χ3v) is 4.51. The van der Waals surface area contributed by atoms with E-state index in [-0.39, 0.29) is 13.2 Å². The van der Waals surface area contributed by atoms with Gasteiger partial charge in [-0.1, -0.05) is 13.3 Å². The van der Waals surface area contributed by atoms with Crippen LogP contribution in [0.4, 0.5) is 0 Å². The molecule has 88 valence electrons. The van der Waals surface area contributed by atoms with Crippen LogP contribution < -0.4 is 5.32 Å². The van der Waals surface area contributed by atoms with Gasteiger partial charge in [0.25, 0.3) is 0 Å². The number of aliphatic hydroxyl groups is 2. The van der Waals surface area contributed by atoms with Crippen LogP contribution in [-0.4, -0.2) is 35.0 Å². The first-order chi connectivity index (χ1) is 7.23. The van der Waals surface area contributed by atoms with Gasteiger partial charge in [-0.15, -0.1) is 0 Å². The van der Waals surface area contributed by atoms with Crippen LogP contribution in [-0.2, 0) is 0 Å². The lowest BCUT2D eigenvalue weighted by molar-refractivity contribution is 0.0699. The topological polar surface area (TPSA) is 52.5 Å². The molecule has 0 aromatic carbocycles. The van der Waals surface area contributed by atoms with Crippen LogP contribution in [0, 0.1) is 11.8 Å². The van der Waals surface area contributed by atoms with Gasteiger partial charge in [0.15, 0.2) is 0 Å². The van der Waals surface area contributed by atoms with Gasteiger partial charge in [-0.25, -0.2) is 0 Å². The van der Waals surface area contributed by atoms with Crippen molar-refractivity contribution in [2.75, 3.05) is 13.2 Å². The average molecular weight is 213 g/mol. The quantitative estimate of drug-likeness (QED) is 0.636. The summed E-state index contributed by atoms with van der Waals surface area (Å²) in [6.45, 7) is 2.09. The van der Waals surface area contributed by atoms with Gasteiger partial charge in [-0.3, -0.25) is 0 Å². The molecule has 0 radical (unpaired) electrons. The number of hydrogen-bond acceptors (Lipinski definition) is 3. The van der Waals surface area contributed by atoms with Gasteiger partial charge in [0.2, 0.25) is 0 Å². The van der Waals surface area contributed by atoms with E-state index in [0.717, 1.165) is 18.3 Å². The van der Waals surface area contributed by atoms with Gasteiger partial charge in [-0.2, -0.15) is 0 Å². The predicted octanol–water partition coefficient (Wildman–Crippen LogP) is 0.898. The maximum Gasteiger partial charge on any atom is 0.0647 e. The molecule has 3 heteroatoms. The van der Waals surface area contributed by atoms with E-state index < -0.39 is 5.54 Å². The first-order valence-electron chi connectivity index (χ1n) is 6.22. The normalized spacial score (nSPS) is 35.0. The first-order valence-corrected chi connectivity index (χ1v) is 6.22. The Morgan fingerprint density at radius 1 is 1.20 bits per heavy atom. The number of aliphatic hydroxyl groups excluding tert-OH is 2. The molecule has 15 heavy (non-hydrogen) atoms. The third-order valence-electron chi connectivity index (χ3n) is 4.51. The molecule has 3 N–H and O–H groups in total. The molecule has 2 fully saturated rings. The van der Waals surface area contributed by atoms with Gasteiger partial charge < -0.3 is 15.5 Å². The molecule has 0 aromatic heterocycles. The molecule has 0 amide bonds. The van der Waals surface area contributed by atoms with Crippen LogP contribution in [0.2, 0.25) is 0 Å². The summed E-state index contributed by atoms with van der Waals surface area (Å²) in [5, 5.41) is 22.3. The Morgan fingerprint density at radius 3 is 2.33 bits per heavy atom. The molecular weight excluding hydrogens is 190 g/mol. The Labute approximate surface area is 91.9 Å². The van der Waals surface area contributed by atoms with Crippen molar-refractivity contribution in [3.8, 4) is 0 Å². The number of hydrogen-bond donors (Lipinski definition) is 3. The highest BCUT2D eigenvalue weighted by Crippen LogP contribution is 2.45. The van der Waals surface area contributed by atoms with E-state index >= 15 is 0 Å². The van der Waals surface area contributed by atoms with E-state index in [0.29, 0.717) is 6.04 Å². The second kappa shape index (κ2) is 4.40. The van der Waals surface area contributed by atoms with Gasteiger partial charge >= 0.3 is 0 Å². The lowest BCUT2D eigenvalue weighted by Crippen LogP contribution is -2.56. The molecule has 3 nitrogen and oxygen atoms in total. The van der Waals surface area contributed by atoms with Crippen molar-refractivity contribution in [1.29, 1.82) is 0 Å². The molecule has 2 aliphatic carbocycles. The van der Waals surface area contributed by atoms with Gasteiger partial charge in [0.1, 0.15) is 0 Å². The molecule has 0 spiro atoms. The number of nitrogens with one attached hydrogen (secondary N) is 1. The van der Waals surface area contributed by atoms with E-state index in [1.54, 1.807) is 0 Å². The summed E-state index contributed by atoms with van der Waals surface area (Å²) >= 11 is 0. The zero-order valence-electron chi connectivity index (χ0n) is 9.58. The van der Waals surface area contributed by atoms with Crippen molar-refractivity contribution in [3.05, 3.63) is 0 Å².